The topological polar surface area (TPSA) is 62.2 Å². The van der Waals surface area contributed by atoms with Crippen molar-refractivity contribution in [1.29, 1.82) is 0 Å². The third kappa shape index (κ3) is 4.95. The highest BCUT2D eigenvalue weighted by Crippen LogP contribution is 2.21. The molecule has 4 nitrogen and oxygen atoms in total. The molecule has 1 aromatic carbocycles. The van der Waals surface area contributed by atoms with Gasteiger partial charge in [0, 0.05) is 22.8 Å². The SMILES string of the molecule is Cc1cccc(CNC(CC(=O)O)c2cccc(Br)c2)n1. The Bertz CT molecular complexity index is 631. The van der Waals surface area contributed by atoms with Gasteiger partial charge < -0.3 is 10.4 Å². The molecule has 1 atom stereocenters. The molecule has 0 saturated heterocycles. The Morgan fingerprint density at radius 3 is 2.76 bits per heavy atom. The Morgan fingerprint density at radius 2 is 2.10 bits per heavy atom. The van der Waals surface area contributed by atoms with Crippen LogP contribution in [0.1, 0.15) is 29.4 Å². The molecule has 0 radical (unpaired) electrons. The van der Waals surface area contributed by atoms with Gasteiger partial charge in [-0.2, -0.15) is 0 Å². The summed E-state index contributed by atoms with van der Waals surface area (Å²) < 4.78 is 0.936. The lowest BCUT2D eigenvalue weighted by Crippen LogP contribution is -2.24. The lowest BCUT2D eigenvalue weighted by atomic mass is 10.0. The van der Waals surface area contributed by atoms with E-state index in [4.69, 9.17) is 5.11 Å². The highest BCUT2D eigenvalue weighted by Gasteiger charge is 2.15. The Balaban J connectivity index is 2.11. The van der Waals surface area contributed by atoms with E-state index < -0.39 is 5.97 Å². The van der Waals surface area contributed by atoms with E-state index >= 15 is 0 Å². The molecule has 2 N–H and O–H groups in total. The van der Waals surface area contributed by atoms with Crippen LogP contribution in [0, 0.1) is 6.92 Å². The van der Waals surface area contributed by atoms with Crippen LogP contribution in [0.3, 0.4) is 0 Å². The van der Waals surface area contributed by atoms with E-state index in [-0.39, 0.29) is 12.5 Å². The minimum Gasteiger partial charge on any atom is -0.481 e. The second-order valence-electron chi connectivity index (χ2n) is 4.86. The number of nitrogens with one attached hydrogen (secondary N) is 1. The number of aryl methyl sites for hydroxylation is 1. The van der Waals surface area contributed by atoms with Crippen molar-refractivity contribution in [3.63, 3.8) is 0 Å². The predicted octanol–water partition coefficient (Wildman–Crippen LogP) is 3.46. The zero-order chi connectivity index (χ0) is 15.2. The molecular formula is C16H17BrN2O2. The summed E-state index contributed by atoms with van der Waals surface area (Å²) >= 11 is 3.41. The smallest absolute Gasteiger partial charge is 0.305 e. The summed E-state index contributed by atoms with van der Waals surface area (Å²) in [6, 6.07) is 13.3. The van der Waals surface area contributed by atoms with Crippen LogP contribution in [0.4, 0.5) is 0 Å². The zero-order valence-electron chi connectivity index (χ0n) is 11.7. The van der Waals surface area contributed by atoms with Gasteiger partial charge in [-0.15, -0.1) is 0 Å². The summed E-state index contributed by atoms with van der Waals surface area (Å²) in [6.07, 6.45) is 0.0300. The second kappa shape index (κ2) is 7.33. The highest BCUT2D eigenvalue weighted by atomic mass is 79.9. The number of aliphatic carboxylic acids is 1. The minimum absolute atomic E-state index is 0.0300. The Morgan fingerprint density at radius 1 is 1.33 bits per heavy atom. The van der Waals surface area contributed by atoms with E-state index in [9.17, 15) is 4.79 Å². The monoisotopic (exact) mass is 348 g/mol. The summed E-state index contributed by atoms with van der Waals surface area (Å²) in [5.74, 6) is -0.829. The van der Waals surface area contributed by atoms with Crippen LogP contribution < -0.4 is 5.32 Å². The van der Waals surface area contributed by atoms with Crippen molar-refractivity contribution in [2.75, 3.05) is 0 Å². The summed E-state index contributed by atoms with van der Waals surface area (Å²) in [6.45, 7) is 2.47. The molecule has 0 spiro atoms. The maximum Gasteiger partial charge on any atom is 0.305 e. The first-order valence-corrected chi connectivity index (χ1v) is 7.47. The molecule has 110 valence electrons. The Hall–Kier alpha value is -1.72. The molecule has 1 heterocycles. The van der Waals surface area contributed by atoms with Crippen LogP contribution in [-0.2, 0) is 11.3 Å². The molecule has 0 saturated carbocycles. The first kappa shape index (κ1) is 15.7. The minimum atomic E-state index is -0.829. The largest absolute Gasteiger partial charge is 0.481 e. The molecule has 0 aliphatic carbocycles. The lowest BCUT2D eigenvalue weighted by Gasteiger charge is -2.17. The number of carbonyl (C=O) groups is 1. The number of carboxylic acids is 1. The fourth-order valence-electron chi connectivity index (χ4n) is 2.13. The average molecular weight is 349 g/mol. The number of benzene rings is 1. The van der Waals surface area contributed by atoms with E-state index in [1.807, 2.05) is 49.4 Å². The van der Waals surface area contributed by atoms with Crippen LogP contribution in [0.15, 0.2) is 46.9 Å². The van der Waals surface area contributed by atoms with Crippen molar-refractivity contribution in [3.05, 3.63) is 63.9 Å². The van der Waals surface area contributed by atoms with Crippen LogP contribution in [0.5, 0.6) is 0 Å². The first-order chi connectivity index (χ1) is 10.0. The summed E-state index contributed by atoms with van der Waals surface area (Å²) in [5, 5.41) is 12.4. The lowest BCUT2D eigenvalue weighted by molar-refractivity contribution is -0.137. The average Bonchev–Trinajstić information content (AvgIpc) is 2.43. The summed E-state index contributed by atoms with van der Waals surface area (Å²) in [7, 11) is 0. The second-order valence-corrected chi connectivity index (χ2v) is 5.77. The number of halogens is 1. The molecule has 21 heavy (non-hydrogen) atoms. The normalized spacial score (nSPS) is 12.1. The van der Waals surface area contributed by atoms with Crippen molar-refractivity contribution < 1.29 is 9.90 Å². The molecule has 1 aromatic heterocycles. The van der Waals surface area contributed by atoms with Gasteiger partial charge in [0.1, 0.15) is 0 Å². The van der Waals surface area contributed by atoms with E-state index in [2.05, 4.69) is 26.2 Å². The van der Waals surface area contributed by atoms with E-state index in [0.717, 1.165) is 21.4 Å². The first-order valence-electron chi connectivity index (χ1n) is 6.68. The number of nitrogens with zero attached hydrogens (tertiary/aromatic N) is 1. The number of aromatic nitrogens is 1. The Kier molecular flexibility index (Phi) is 5.47. The van der Waals surface area contributed by atoms with Crippen molar-refractivity contribution in [2.24, 2.45) is 0 Å². The van der Waals surface area contributed by atoms with Gasteiger partial charge in [-0.05, 0) is 36.8 Å². The van der Waals surface area contributed by atoms with Gasteiger partial charge in [-0.1, -0.05) is 34.1 Å². The van der Waals surface area contributed by atoms with Gasteiger partial charge in [-0.3, -0.25) is 9.78 Å². The molecule has 0 fully saturated rings. The fourth-order valence-corrected chi connectivity index (χ4v) is 2.55. The molecular weight excluding hydrogens is 332 g/mol. The maximum atomic E-state index is 11.1. The molecule has 1 unspecified atom stereocenters. The molecule has 5 heteroatoms. The van der Waals surface area contributed by atoms with Crippen molar-refractivity contribution in [2.45, 2.75) is 25.9 Å². The van der Waals surface area contributed by atoms with Crippen LogP contribution in [0.2, 0.25) is 0 Å². The van der Waals surface area contributed by atoms with Crippen LogP contribution in [-0.4, -0.2) is 16.1 Å². The molecule has 0 aliphatic heterocycles. The summed E-state index contributed by atoms with van der Waals surface area (Å²) in [4.78, 5) is 15.5. The number of hydrogen-bond acceptors (Lipinski definition) is 3. The fraction of sp³-hybridized carbons (Fsp3) is 0.250. The molecule has 0 amide bonds. The summed E-state index contributed by atoms with van der Waals surface area (Å²) in [5.41, 5.74) is 2.80. The van der Waals surface area contributed by atoms with Crippen LogP contribution in [0.25, 0.3) is 0 Å². The maximum absolute atomic E-state index is 11.1. The van der Waals surface area contributed by atoms with Crippen molar-refractivity contribution in [3.8, 4) is 0 Å². The van der Waals surface area contributed by atoms with Gasteiger partial charge in [0.2, 0.25) is 0 Å². The molecule has 2 aromatic rings. The number of pyridine rings is 1. The number of hydrogen-bond donors (Lipinski definition) is 2. The number of rotatable bonds is 6. The molecule has 0 aliphatic rings. The molecule has 2 rings (SSSR count). The quantitative estimate of drug-likeness (QED) is 0.839. The number of carboxylic acid groups (broad SMARTS) is 1. The van der Waals surface area contributed by atoms with Gasteiger partial charge in [0.05, 0.1) is 12.1 Å². The zero-order valence-corrected chi connectivity index (χ0v) is 13.3. The highest BCUT2D eigenvalue weighted by molar-refractivity contribution is 9.10. The van der Waals surface area contributed by atoms with Crippen LogP contribution >= 0.6 is 15.9 Å². The van der Waals surface area contributed by atoms with Gasteiger partial charge in [0.15, 0.2) is 0 Å². The van der Waals surface area contributed by atoms with Crippen molar-refractivity contribution >= 4 is 21.9 Å². The van der Waals surface area contributed by atoms with Gasteiger partial charge in [-0.25, -0.2) is 0 Å². The van der Waals surface area contributed by atoms with E-state index in [1.54, 1.807) is 0 Å². The van der Waals surface area contributed by atoms with Crippen molar-refractivity contribution in [1.82, 2.24) is 10.3 Å². The third-order valence-corrected chi connectivity index (χ3v) is 3.60. The van der Waals surface area contributed by atoms with E-state index in [1.165, 1.54) is 0 Å². The molecule has 0 bridgehead atoms. The van der Waals surface area contributed by atoms with Gasteiger partial charge >= 0.3 is 5.97 Å². The van der Waals surface area contributed by atoms with Gasteiger partial charge in [0.25, 0.3) is 0 Å². The standard InChI is InChI=1S/C16H17BrN2O2/c1-11-4-2-7-14(19-11)10-18-15(9-16(20)21)12-5-3-6-13(17)8-12/h2-8,15,18H,9-10H2,1H3,(H,20,21). The Labute approximate surface area is 132 Å². The third-order valence-electron chi connectivity index (χ3n) is 3.11. The predicted molar refractivity (Wildman–Crippen MR) is 84.9 cm³/mol. The van der Waals surface area contributed by atoms with E-state index in [0.29, 0.717) is 6.54 Å².